The maximum Gasteiger partial charge on any atom is 0.326 e. The van der Waals surface area contributed by atoms with Gasteiger partial charge in [-0.15, -0.1) is 11.6 Å². The van der Waals surface area contributed by atoms with Gasteiger partial charge in [0.2, 0.25) is 0 Å². The standard InChI is InChI=1S/C15H17ClN4O2/c1-11(18-9-5-8-16)13(10-17)14(21)20-15(22)19-12-6-3-2-4-7-12/h2-4,6-7,18H,5,8-9H2,1H3,(H2,19,20,21,22)/b13-11+. The van der Waals surface area contributed by atoms with Crippen molar-refractivity contribution in [3.63, 3.8) is 0 Å². The van der Waals surface area contributed by atoms with Crippen LogP contribution in [0.1, 0.15) is 13.3 Å². The number of para-hydroxylation sites is 1. The highest BCUT2D eigenvalue weighted by Gasteiger charge is 2.15. The summed E-state index contributed by atoms with van der Waals surface area (Å²) in [5.74, 6) is -0.278. The fraction of sp³-hybridized carbons (Fsp3) is 0.267. The van der Waals surface area contributed by atoms with Crippen LogP contribution >= 0.6 is 11.6 Å². The number of alkyl halides is 1. The summed E-state index contributed by atoms with van der Waals surface area (Å²) in [5, 5.41) is 16.6. The van der Waals surface area contributed by atoms with Gasteiger partial charge in [0.25, 0.3) is 5.91 Å². The zero-order valence-electron chi connectivity index (χ0n) is 12.1. The number of nitrogens with zero attached hydrogens (tertiary/aromatic N) is 1. The highest BCUT2D eigenvalue weighted by molar-refractivity contribution is 6.17. The number of anilines is 1. The SMILES string of the molecule is C/C(NCCCCl)=C(/C#N)C(=O)NC(=O)Nc1ccccc1. The van der Waals surface area contributed by atoms with Crippen LogP contribution in [0.5, 0.6) is 0 Å². The van der Waals surface area contributed by atoms with E-state index in [0.29, 0.717) is 30.2 Å². The highest BCUT2D eigenvalue weighted by atomic mass is 35.5. The fourth-order valence-electron chi connectivity index (χ4n) is 1.59. The average molecular weight is 321 g/mol. The normalized spacial score (nSPS) is 11.0. The smallest absolute Gasteiger partial charge is 0.326 e. The number of hydrogen-bond donors (Lipinski definition) is 3. The Morgan fingerprint density at radius 3 is 2.55 bits per heavy atom. The first kappa shape index (κ1) is 17.5. The molecule has 1 aromatic rings. The number of benzene rings is 1. The van der Waals surface area contributed by atoms with Gasteiger partial charge >= 0.3 is 6.03 Å². The molecule has 0 aromatic heterocycles. The Bertz CT molecular complexity index is 593. The van der Waals surface area contributed by atoms with Gasteiger partial charge in [0, 0.05) is 23.8 Å². The van der Waals surface area contributed by atoms with E-state index >= 15 is 0 Å². The quantitative estimate of drug-likeness (QED) is 0.324. The van der Waals surface area contributed by atoms with E-state index in [2.05, 4.69) is 16.0 Å². The van der Waals surface area contributed by atoms with E-state index in [0.717, 1.165) is 0 Å². The van der Waals surface area contributed by atoms with Gasteiger partial charge in [-0.25, -0.2) is 4.79 Å². The molecule has 0 unspecified atom stereocenters. The molecule has 0 heterocycles. The first-order valence-electron chi connectivity index (χ1n) is 6.66. The molecule has 1 aromatic carbocycles. The number of nitrogens with one attached hydrogen (secondary N) is 3. The van der Waals surface area contributed by atoms with E-state index in [1.165, 1.54) is 0 Å². The molecule has 0 saturated carbocycles. The summed E-state index contributed by atoms with van der Waals surface area (Å²) in [6.45, 7) is 2.14. The lowest BCUT2D eigenvalue weighted by atomic mass is 10.2. The van der Waals surface area contributed by atoms with Crippen LogP contribution in [0.3, 0.4) is 0 Å². The summed E-state index contributed by atoms with van der Waals surface area (Å²) in [6, 6.07) is 9.77. The third-order valence-corrected chi connectivity index (χ3v) is 2.94. The number of carbonyl (C=O) groups excluding carboxylic acids is 2. The molecule has 0 aliphatic rings. The van der Waals surface area contributed by atoms with Crippen molar-refractivity contribution in [1.82, 2.24) is 10.6 Å². The second-order valence-corrected chi connectivity index (χ2v) is 4.73. The van der Waals surface area contributed by atoms with Crippen molar-refractivity contribution < 1.29 is 9.59 Å². The van der Waals surface area contributed by atoms with Crippen LogP contribution in [0.4, 0.5) is 10.5 Å². The van der Waals surface area contributed by atoms with E-state index in [1.807, 2.05) is 0 Å². The van der Waals surface area contributed by atoms with Gasteiger partial charge in [-0.05, 0) is 25.5 Å². The highest BCUT2D eigenvalue weighted by Crippen LogP contribution is 2.05. The number of nitriles is 1. The minimum atomic E-state index is -0.758. The second-order valence-electron chi connectivity index (χ2n) is 4.36. The largest absolute Gasteiger partial charge is 0.387 e. The van der Waals surface area contributed by atoms with Crippen molar-refractivity contribution in [3.05, 3.63) is 41.6 Å². The third-order valence-electron chi connectivity index (χ3n) is 2.67. The molecule has 0 spiro atoms. The van der Waals surface area contributed by atoms with Crippen molar-refractivity contribution in [2.75, 3.05) is 17.7 Å². The van der Waals surface area contributed by atoms with Crippen LogP contribution in [0.2, 0.25) is 0 Å². The number of urea groups is 1. The van der Waals surface area contributed by atoms with Crippen LogP contribution in [0.15, 0.2) is 41.6 Å². The Morgan fingerprint density at radius 2 is 1.95 bits per heavy atom. The number of carbonyl (C=O) groups is 2. The van der Waals surface area contributed by atoms with Crippen molar-refractivity contribution in [2.45, 2.75) is 13.3 Å². The summed E-state index contributed by atoms with van der Waals surface area (Å²) in [5.41, 5.74) is 0.808. The molecule has 0 aliphatic heterocycles. The van der Waals surface area contributed by atoms with Gasteiger partial charge in [0.05, 0.1) is 0 Å². The van der Waals surface area contributed by atoms with Gasteiger partial charge in [-0.2, -0.15) is 5.26 Å². The first-order valence-corrected chi connectivity index (χ1v) is 7.20. The number of rotatable bonds is 6. The molecule has 0 radical (unpaired) electrons. The number of imide groups is 1. The number of hydrogen-bond acceptors (Lipinski definition) is 4. The summed E-state index contributed by atoms with van der Waals surface area (Å²) in [4.78, 5) is 23.6. The predicted octanol–water partition coefficient (Wildman–Crippen LogP) is 2.35. The van der Waals surface area contributed by atoms with Gasteiger partial charge in [0.1, 0.15) is 11.6 Å². The Kier molecular flexibility index (Phi) is 7.51. The molecule has 0 fully saturated rings. The molecule has 0 atom stereocenters. The molecule has 0 bridgehead atoms. The van der Waals surface area contributed by atoms with Gasteiger partial charge in [-0.1, -0.05) is 18.2 Å². The zero-order valence-corrected chi connectivity index (χ0v) is 12.9. The van der Waals surface area contributed by atoms with Crippen molar-refractivity contribution in [2.24, 2.45) is 0 Å². The Hall–Kier alpha value is -2.52. The minimum Gasteiger partial charge on any atom is -0.387 e. The van der Waals surface area contributed by atoms with Crippen molar-refractivity contribution >= 4 is 29.2 Å². The van der Waals surface area contributed by atoms with Crippen molar-refractivity contribution in [1.29, 1.82) is 5.26 Å². The summed E-state index contributed by atoms with van der Waals surface area (Å²) in [7, 11) is 0. The molecule has 7 heteroatoms. The van der Waals surface area contributed by atoms with E-state index in [-0.39, 0.29) is 5.57 Å². The van der Waals surface area contributed by atoms with E-state index in [1.54, 1.807) is 43.3 Å². The van der Waals surface area contributed by atoms with E-state index < -0.39 is 11.9 Å². The molecule has 3 N–H and O–H groups in total. The predicted molar refractivity (Wildman–Crippen MR) is 85.3 cm³/mol. The van der Waals surface area contributed by atoms with E-state index in [9.17, 15) is 9.59 Å². The summed E-state index contributed by atoms with van der Waals surface area (Å²) in [6.07, 6.45) is 0.702. The number of halogens is 1. The molecule has 0 aliphatic carbocycles. The summed E-state index contributed by atoms with van der Waals surface area (Å²) < 4.78 is 0. The van der Waals surface area contributed by atoms with Crippen molar-refractivity contribution in [3.8, 4) is 6.07 Å². The lowest BCUT2D eigenvalue weighted by molar-refractivity contribution is -0.116. The molecule has 22 heavy (non-hydrogen) atoms. The molecule has 1 rings (SSSR count). The third kappa shape index (κ3) is 5.85. The average Bonchev–Trinajstić information content (AvgIpc) is 2.49. The van der Waals surface area contributed by atoms with Crippen LogP contribution < -0.4 is 16.0 Å². The maximum atomic E-state index is 11.9. The lowest BCUT2D eigenvalue weighted by Crippen LogP contribution is -2.36. The Labute approximate surface area is 134 Å². The summed E-state index contributed by atoms with van der Waals surface area (Å²) >= 11 is 5.55. The minimum absolute atomic E-state index is 0.141. The number of allylic oxidation sites excluding steroid dienone is 1. The zero-order chi connectivity index (χ0) is 16.4. The van der Waals surface area contributed by atoms with Gasteiger partial charge in [0.15, 0.2) is 0 Å². The van der Waals surface area contributed by atoms with Gasteiger partial charge in [-0.3, -0.25) is 10.1 Å². The van der Waals surface area contributed by atoms with Gasteiger partial charge < -0.3 is 10.6 Å². The van der Waals surface area contributed by atoms with Crippen LogP contribution in [-0.4, -0.2) is 24.4 Å². The van der Waals surface area contributed by atoms with Crippen LogP contribution in [0, 0.1) is 11.3 Å². The lowest BCUT2D eigenvalue weighted by Gasteiger charge is -2.09. The molecule has 116 valence electrons. The fourth-order valence-corrected chi connectivity index (χ4v) is 1.72. The molecular formula is C15H17ClN4O2. The number of amides is 3. The molecule has 0 saturated heterocycles. The van der Waals surface area contributed by atoms with Crippen LogP contribution in [-0.2, 0) is 4.79 Å². The molecule has 6 nitrogen and oxygen atoms in total. The molecular weight excluding hydrogens is 304 g/mol. The molecule has 3 amide bonds. The van der Waals surface area contributed by atoms with Crippen LogP contribution in [0.25, 0.3) is 0 Å². The monoisotopic (exact) mass is 320 g/mol. The topological polar surface area (TPSA) is 94.0 Å². The first-order chi connectivity index (χ1) is 10.6. The maximum absolute atomic E-state index is 11.9. The second kappa shape index (κ2) is 9.42. The Morgan fingerprint density at radius 1 is 1.27 bits per heavy atom. The van der Waals surface area contributed by atoms with E-state index in [4.69, 9.17) is 16.9 Å². The Balaban J connectivity index is 2.63.